The topological polar surface area (TPSA) is 62.5 Å². The van der Waals surface area contributed by atoms with Crippen molar-refractivity contribution in [3.05, 3.63) is 54.4 Å². The van der Waals surface area contributed by atoms with E-state index in [0.29, 0.717) is 19.0 Å². The minimum Gasteiger partial charge on any atom is -0.423 e. The Labute approximate surface area is 164 Å². The number of para-hydroxylation sites is 2. The summed E-state index contributed by atoms with van der Waals surface area (Å²) >= 11 is 0. The summed E-state index contributed by atoms with van der Waals surface area (Å²) in [7, 11) is 0. The summed E-state index contributed by atoms with van der Waals surface area (Å²) in [5, 5.41) is 0. The van der Waals surface area contributed by atoms with Crippen LogP contribution in [-0.4, -0.2) is 40.4 Å². The fraction of sp³-hybridized carbons (Fsp3) is 0.409. The number of piperidine rings is 2. The van der Waals surface area contributed by atoms with Crippen LogP contribution in [0.3, 0.4) is 0 Å². The van der Waals surface area contributed by atoms with Crippen molar-refractivity contribution in [2.75, 3.05) is 24.5 Å². The lowest BCUT2D eigenvalue weighted by Crippen LogP contribution is -2.54. The molecule has 0 bridgehead atoms. The van der Waals surface area contributed by atoms with Crippen molar-refractivity contribution in [3.63, 3.8) is 0 Å². The normalized spacial score (nSPS) is 22.9. The van der Waals surface area contributed by atoms with Crippen LogP contribution in [0.2, 0.25) is 0 Å². The highest BCUT2D eigenvalue weighted by atomic mass is 16.4. The highest BCUT2D eigenvalue weighted by Gasteiger charge is 2.42. The van der Waals surface area contributed by atoms with Crippen LogP contribution in [0.15, 0.2) is 53.2 Å². The molecule has 2 saturated heterocycles. The lowest BCUT2D eigenvalue weighted by molar-refractivity contribution is -0.138. The predicted molar refractivity (Wildman–Crippen MR) is 107 cm³/mol. The number of aromatic nitrogens is 2. The third-order valence-electron chi connectivity index (χ3n) is 6.06. The number of carbonyl (C=O) groups excluding carboxylic acids is 1. The minimum absolute atomic E-state index is 0.106. The first kappa shape index (κ1) is 17.2. The van der Waals surface area contributed by atoms with Crippen LogP contribution >= 0.6 is 0 Å². The van der Waals surface area contributed by atoms with Gasteiger partial charge >= 0.3 is 0 Å². The Hall–Kier alpha value is -2.89. The monoisotopic (exact) mass is 376 g/mol. The van der Waals surface area contributed by atoms with Crippen molar-refractivity contribution in [2.45, 2.75) is 32.2 Å². The Kier molecular flexibility index (Phi) is 4.26. The van der Waals surface area contributed by atoms with Gasteiger partial charge in [-0.25, -0.2) is 0 Å². The third kappa shape index (κ3) is 3.23. The average molecular weight is 376 g/mol. The van der Waals surface area contributed by atoms with Crippen LogP contribution in [-0.2, 0) is 11.3 Å². The molecule has 3 aromatic rings. The van der Waals surface area contributed by atoms with E-state index < -0.39 is 0 Å². The van der Waals surface area contributed by atoms with Gasteiger partial charge < -0.3 is 14.2 Å². The van der Waals surface area contributed by atoms with E-state index in [2.05, 4.69) is 14.9 Å². The number of pyridine rings is 1. The highest BCUT2D eigenvalue weighted by Crippen LogP contribution is 2.40. The molecule has 6 nitrogen and oxygen atoms in total. The largest absolute Gasteiger partial charge is 0.423 e. The van der Waals surface area contributed by atoms with Gasteiger partial charge in [0, 0.05) is 50.4 Å². The molecule has 0 aliphatic carbocycles. The molecular formula is C22H24N4O2. The summed E-state index contributed by atoms with van der Waals surface area (Å²) in [6.07, 6.45) is 7.39. The SMILES string of the molecule is O=C1CC[C@]2(CCCN(c3nc4ccccc4o3)C2)CN1Cc1cccnc1. The molecule has 0 saturated carbocycles. The second kappa shape index (κ2) is 6.93. The van der Waals surface area contributed by atoms with Gasteiger partial charge in [-0.1, -0.05) is 18.2 Å². The Balaban J connectivity index is 1.36. The van der Waals surface area contributed by atoms with Crippen LogP contribution in [0.1, 0.15) is 31.2 Å². The van der Waals surface area contributed by atoms with E-state index in [1.807, 2.05) is 47.5 Å². The Morgan fingerprint density at radius 1 is 1.11 bits per heavy atom. The number of carbonyl (C=O) groups is 1. The summed E-state index contributed by atoms with van der Waals surface area (Å²) in [6, 6.07) is 12.6. The van der Waals surface area contributed by atoms with Crippen molar-refractivity contribution < 1.29 is 9.21 Å². The molecular weight excluding hydrogens is 352 g/mol. The molecule has 4 heterocycles. The first-order valence-corrected chi connectivity index (χ1v) is 9.98. The van der Waals surface area contributed by atoms with Gasteiger partial charge in [-0.2, -0.15) is 4.98 Å². The van der Waals surface area contributed by atoms with E-state index in [0.717, 1.165) is 55.6 Å². The molecule has 0 unspecified atom stereocenters. The molecule has 6 heteroatoms. The van der Waals surface area contributed by atoms with Crippen molar-refractivity contribution in [3.8, 4) is 0 Å². The summed E-state index contributed by atoms with van der Waals surface area (Å²) < 4.78 is 6.01. The Morgan fingerprint density at radius 3 is 2.89 bits per heavy atom. The number of hydrogen-bond acceptors (Lipinski definition) is 5. The molecule has 2 fully saturated rings. The first-order valence-electron chi connectivity index (χ1n) is 9.98. The Morgan fingerprint density at radius 2 is 2.04 bits per heavy atom. The molecule has 1 amide bonds. The number of likely N-dealkylation sites (tertiary alicyclic amines) is 1. The summed E-state index contributed by atoms with van der Waals surface area (Å²) in [4.78, 5) is 25.7. The van der Waals surface area contributed by atoms with Gasteiger partial charge in [0.05, 0.1) is 0 Å². The maximum absolute atomic E-state index is 12.6. The zero-order valence-corrected chi connectivity index (χ0v) is 15.9. The van der Waals surface area contributed by atoms with E-state index in [9.17, 15) is 4.79 Å². The summed E-state index contributed by atoms with van der Waals surface area (Å²) in [5.41, 5.74) is 2.91. The van der Waals surface area contributed by atoms with Crippen molar-refractivity contribution in [1.29, 1.82) is 0 Å². The molecule has 1 spiro atoms. The Bertz CT molecular complexity index is 953. The van der Waals surface area contributed by atoms with Gasteiger partial charge in [0.15, 0.2) is 5.58 Å². The number of rotatable bonds is 3. The van der Waals surface area contributed by atoms with Gasteiger partial charge in [-0.05, 0) is 43.0 Å². The lowest BCUT2D eigenvalue weighted by atomic mass is 9.73. The second-order valence-corrected chi connectivity index (χ2v) is 8.10. The van der Waals surface area contributed by atoms with Gasteiger partial charge in [0.1, 0.15) is 5.52 Å². The first-order chi connectivity index (χ1) is 13.7. The highest BCUT2D eigenvalue weighted by molar-refractivity contribution is 5.77. The number of benzene rings is 1. The van der Waals surface area contributed by atoms with Crippen LogP contribution in [0.25, 0.3) is 11.1 Å². The second-order valence-electron chi connectivity index (χ2n) is 8.10. The van der Waals surface area contributed by atoms with Gasteiger partial charge in [0.2, 0.25) is 5.91 Å². The zero-order valence-electron chi connectivity index (χ0n) is 15.9. The smallest absolute Gasteiger partial charge is 0.298 e. The van der Waals surface area contributed by atoms with Crippen LogP contribution in [0.5, 0.6) is 0 Å². The van der Waals surface area contributed by atoms with Crippen LogP contribution in [0.4, 0.5) is 6.01 Å². The average Bonchev–Trinajstić information content (AvgIpc) is 3.16. The van der Waals surface area contributed by atoms with Crippen molar-refractivity contribution >= 4 is 23.0 Å². The molecule has 0 radical (unpaired) electrons. The van der Waals surface area contributed by atoms with Crippen molar-refractivity contribution in [2.24, 2.45) is 5.41 Å². The van der Waals surface area contributed by atoms with E-state index in [4.69, 9.17) is 4.42 Å². The van der Waals surface area contributed by atoms with E-state index in [1.54, 1.807) is 6.20 Å². The van der Waals surface area contributed by atoms with Crippen molar-refractivity contribution in [1.82, 2.24) is 14.9 Å². The van der Waals surface area contributed by atoms with E-state index >= 15 is 0 Å². The van der Waals surface area contributed by atoms with Gasteiger partial charge in [-0.3, -0.25) is 9.78 Å². The fourth-order valence-corrected chi connectivity index (χ4v) is 4.66. The maximum atomic E-state index is 12.6. The van der Waals surface area contributed by atoms with Crippen LogP contribution in [0, 0.1) is 5.41 Å². The minimum atomic E-state index is 0.106. The maximum Gasteiger partial charge on any atom is 0.298 e. The quantitative estimate of drug-likeness (QED) is 0.698. The number of fused-ring (bicyclic) bond motifs is 1. The number of anilines is 1. The lowest BCUT2D eigenvalue weighted by Gasteiger charge is -2.47. The number of hydrogen-bond donors (Lipinski definition) is 0. The van der Waals surface area contributed by atoms with E-state index in [1.165, 1.54) is 0 Å². The molecule has 2 aliphatic heterocycles. The summed E-state index contributed by atoms with van der Waals surface area (Å²) in [5.74, 6) is 0.244. The molecule has 2 aromatic heterocycles. The van der Waals surface area contributed by atoms with E-state index in [-0.39, 0.29) is 11.3 Å². The summed E-state index contributed by atoms with van der Waals surface area (Å²) in [6.45, 7) is 3.26. The molecule has 28 heavy (non-hydrogen) atoms. The molecule has 1 atom stereocenters. The zero-order chi connectivity index (χ0) is 19.0. The fourth-order valence-electron chi connectivity index (χ4n) is 4.66. The number of oxazole rings is 1. The molecule has 2 aliphatic rings. The van der Waals surface area contributed by atoms with Gasteiger partial charge in [0.25, 0.3) is 6.01 Å². The van der Waals surface area contributed by atoms with Gasteiger partial charge in [-0.15, -0.1) is 0 Å². The molecule has 5 rings (SSSR count). The molecule has 1 aromatic carbocycles. The number of nitrogens with zero attached hydrogens (tertiary/aromatic N) is 4. The molecule has 144 valence electrons. The molecule has 0 N–H and O–H groups in total. The predicted octanol–water partition coefficient (Wildman–Crippen LogP) is 3.63. The standard InChI is InChI=1S/C22H24N4O2/c27-20-8-10-22(16-26(20)14-17-5-3-11-23-13-17)9-4-12-25(15-22)21-24-18-6-1-2-7-19(18)28-21/h1-3,5-7,11,13H,4,8-10,12,14-16H2/t22-/m0/s1. The number of amides is 1. The van der Waals surface area contributed by atoms with Crippen LogP contribution < -0.4 is 4.90 Å². The third-order valence-corrected chi connectivity index (χ3v) is 6.06.